The van der Waals surface area contributed by atoms with Crippen molar-refractivity contribution in [3.63, 3.8) is 0 Å². The van der Waals surface area contributed by atoms with E-state index in [9.17, 15) is 0 Å². The molecule has 0 bridgehead atoms. The molecule has 6 N–H and O–H groups in total. The molecule has 5 atom stereocenters. The number of hydrogen-bond acceptors (Lipinski definition) is 6. The molecule has 1 aliphatic heterocycles. The third-order valence-corrected chi connectivity index (χ3v) is 3.33. The second-order valence-electron chi connectivity index (χ2n) is 4.78. The van der Waals surface area contributed by atoms with E-state index in [-0.39, 0.29) is 0 Å². The highest BCUT2D eigenvalue weighted by Gasteiger charge is 2.42. The second-order valence-corrected chi connectivity index (χ2v) is 4.78. The number of fused-ring (bicyclic) bond motifs is 1. The van der Waals surface area contributed by atoms with Crippen molar-refractivity contribution in [1.29, 1.82) is 0 Å². The van der Waals surface area contributed by atoms with E-state index in [1.807, 2.05) is 18.3 Å². The predicted molar refractivity (Wildman–Crippen MR) is 74.3 cm³/mol. The molecule has 3 rings (SSSR count). The van der Waals surface area contributed by atoms with Crippen molar-refractivity contribution in [1.82, 2.24) is 4.98 Å². The molecule has 2 aromatic rings. The molecular weight excluding hydrogens is 278 g/mol. The number of hydrogen-bond donors (Lipinski definition) is 6. The van der Waals surface area contributed by atoms with Crippen molar-refractivity contribution in [3.05, 3.63) is 36.5 Å². The average Bonchev–Trinajstić information content (AvgIpc) is 2.98. The van der Waals surface area contributed by atoms with Crippen LogP contribution in [0, 0.1) is 0 Å². The molecule has 2 heterocycles. The molecule has 7 nitrogen and oxygen atoms in total. The van der Waals surface area contributed by atoms with Crippen LogP contribution in [0.4, 0.5) is 0 Å². The molecule has 0 radical (unpaired) electrons. The number of H-pyrrole nitrogens is 1. The van der Waals surface area contributed by atoms with Gasteiger partial charge in [0, 0.05) is 11.7 Å². The number of rotatable bonds is 1. The van der Waals surface area contributed by atoms with E-state index >= 15 is 0 Å². The van der Waals surface area contributed by atoms with Gasteiger partial charge < -0.3 is 35.3 Å². The maximum atomic E-state index is 9.12. The first-order valence-corrected chi connectivity index (χ1v) is 6.55. The fraction of sp³-hybridized carbons (Fsp3) is 0.429. The lowest BCUT2D eigenvalue weighted by Crippen LogP contribution is -2.58. The topological polar surface area (TPSA) is 126 Å². The van der Waals surface area contributed by atoms with Crippen LogP contribution in [0.25, 0.3) is 10.9 Å². The molecule has 116 valence electrons. The summed E-state index contributed by atoms with van der Waals surface area (Å²) < 4.78 is 4.58. The summed E-state index contributed by atoms with van der Waals surface area (Å²) in [6.45, 7) is -0.526. The summed E-state index contributed by atoms with van der Waals surface area (Å²) in [5, 5.41) is 45.9. The van der Waals surface area contributed by atoms with Crippen LogP contribution >= 0.6 is 0 Å². The zero-order valence-corrected chi connectivity index (χ0v) is 11.2. The van der Waals surface area contributed by atoms with Gasteiger partial charge in [-0.05, 0) is 17.5 Å². The normalized spacial score (nSPS) is 32.5. The molecule has 0 saturated carbocycles. The Morgan fingerprint density at radius 1 is 0.952 bits per heavy atom. The van der Waals surface area contributed by atoms with Gasteiger partial charge in [-0.25, -0.2) is 0 Å². The first-order chi connectivity index (χ1) is 10.0. The minimum Gasteiger partial charge on any atom is -0.394 e. The summed E-state index contributed by atoms with van der Waals surface area (Å²) >= 11 is 0. The summed E-state index contributed by atoms with van der Waals surface area (Å²) in [4.78, 5) is 3.12. The lowest BCUT2D eigenvalue weighted by Gasteiger charge is -2.37. The van der Waals surface area contributed by atoms with Crippen molar-refractivity contribution in [2.24, 2.45) is 0 Å². The van der Waals surface area contributed by atoms with E-state index in [0.29, 0.717) is 0 Å². The molecule has 0 amide bonds. The van der Waals surface area contributed by atoms with Crippen molar-refractivity contribution in [3.8, 4) is 0 Å². The molecule has 1 saturated heterocycles. The van der Waals surface area contributed by atoms with Gasteiger partial charge in [0.2, 0.25) is 0 Å². The Morgan fingerprint density at radius 3 is 2.33 bits per heavy atom. The Hall–Kier alpha value is -1.48. The number of para-hydroxylation sites is 1. The first-order valence-electron chi connectivity index (χ1n) is 6.55. The predicted octanol–water partition coefficient (Wildman–Crippen LogP) is -1.05. The molecule has 1 fully saturated rings. The maximum absolute atomic E-state index is 9.12. The summed E-state index contributed by atoms with van der Waals surface area (Å²) in [5.41, 5.74) is 1.21. The molecule has 1 aromatic heterocycles. The van der Waals surface area contributed by atoms with E-state index < -0.39 is 37.3 Å². The minimum absolute atomic E-state index is 0.526. The monoisotopic (exact) mass is 297 g/mol. The Labute approximate surface area is 121 Å². The largest absolute Gasteiger partial charge is 0.394 e. The standard InChI is InChI=1S/C8H7N.C6H12O6/c1-2-4-8-7(3-1)5-6-9-8;7-1-2-3(8)4(9)5(10)6(11)12-2/h1-6,9H;2-11H,1H2/t;2-,3+,4+,5-,6?/m.1/s1. The number of benzene rings is 1. The van der Waals surface area contributed by atoms with E-state index in [2.05, 4.69) is 27.9 Å². The quantitative estimate of drug-likeness (QED) is 0.399. The molecule has 1 aromatic carbocycles. The fourth-order valence-corrected chi connectivity index (χ4v) is 2.08. The first kappa shape index (κ1) is 15.9. The van der Waals surface area contributed by atoms with Gasteiger partial charge in [-0.1, -0.05) is 18.2 Å². The number of aliphatic hydroxyl groups is 5. The van der Waals surface area contributed by atoms with Crippen LogP contribution in [0.15, 0.2) is 36.5 Å². The zero-order valence-electron chi connectivity index (χ0n) is 11.2. The number of aromatic nitrogens is 1. The van der Waals surface area contributed by atoms with Crippen LogP contribution in [-0.2, 0) is 4.74 Å². The summed E-state index contributed by atoms with van der Waals surface area (Å²) in [5.74, 6) is 0. The molecule has 1 aliphatic rings. The van der Waals surface area contributed by atoms with Crippen LogP contribution in [-0.4, -0.2) is 67.8 Å². The maximum Gasteiger partial charge on any atom is 0.184 e. The highest BCUT2D eigenvalue weighted by molar-refractivity contribution is 5.78. The van der Waals surface area contributed by atoms with Crippen LogP contribution in [0.3, 0.4) is 0 Å². The molecule has 7 heteroatoms. The fourth-order valence-electron chi connectivity index (χ4n) is 2.08. The number of aromatic amines is 1. The molecule has 0 aliphatic carbocycles. The Morgan fingerprint density at radius 2 is 1.67 bits per heavy atom. The lowest BCUT2D eigenvalue weighted by atomic mass is 10.00. The number of ether oxygens (including phenoxy) is 1. The average molecular weight is 297 g/mol. The molecular formula is C14H19NO6. The second kappa shape index (κ2) is 6.99. The third kappa shape index (κ3) is 3.59. The van der Waals surface area contributed by atoms with E-state index in [1.54, 1.807) is 0 Å². The SMILES string of the molecule is OC[C@H]1OC(O)[C@H](O)[C@@H](O)[C@H]1O.c1ccc2[nH]ccc2c1. The highest BCUT2D eigenvalue weighted by atomic mass is 16.6. The summed E-state index contributed by atoms with van der Waals surface area (Å²) in [7, 11) is 0. The van der Waals surface area contributed by atoms with Gasteiger partial charge in [0.25, 0.3) is 0 Å². The van der Waals surface area contributed by atoms with Gasteiger partial charge >= 0.3 is 0 Å². The van der Waals surface area contributed by atoms with Crippen molar-refractivity contribution < 1.29 is 30.3 Å². The smallest absolute Gasteiger partial charge is 0.184 e. The van der Waals surface area contributed by atoms with Crippen molar-refractivity contribution >= 4 is 10.9 Å². The Kier molecular flexibility index (Phi) is 5.29. The van der Waals surface area contributed by atoms with Crippen LogP contribution < -0.4 is 0 Å². The molecule has 1 unspecified atom stereocenters. The zero-order chi connectivity index (χ0) is 15.4. The van der Waals surface area contributed by atoms with Crippen LogP contribution in [0.2, 0.25) is 0 Å². The third-order valence-electron chi connectivity index (χ3n) is 3.33. The summed E-state index contributed by atoms with van der Waals surface area (Å²) in [6.07, 6.45) is -5.09. The van der Waals surface area contributed by atoms with E-state index in [0.717, 1.165) is 0 Å². The van der Waals surface area contributed by atoms with Gasteiger partial charge in [0.1, 0.15) is 24.4 Å². The van der Waals surface area contributed by atoms with Gasteiger partial charge in [-0.3, -0.25) is 0 Å². The Balaban J connectivity index is 0.000000159. The lowest BCUT2D eigenvalue weighted by molar-refractivity contribution is -0.286. The van der Waals surface area contributed by atoms with Crippen molar-refractivity contribution in [2.75, 3.05) is 6.61 Å². The minimum atomic E-state index is -1.57. The van der Waals surface area contributed by atoms with E-state index in [4.69, 9.17) is 25.5 Å². The summed E-state index contributed by atoms with van der Waals surface area (Å²) in [6, 6.07) is 10.3. The van der Waals surface area contributed by atoms with Gasteiger partial charge in [0.05, 0.1) is 6.61 Å². The van der Waals surface area contributed by atoms with Gasteiger partial charge in [-0.15, -0.1) is 0 Å². The van der Waals surface area contributed by atoms with Crippen LogP contribution in [0.1, 0.15) is 0 Å². The van der Waals surface area contributed by atoms with E-state index in [1.165, 1.54) is 10.9 Å². The highest BCUT2D eigenvalue weighted by Crippen LogP contribution is 2.19. The number of nitrogens with one attached hydrogen (secondary N) is 1. The van der Waals surface area contributed by atoms with Gasteiger partial charge in [0.15, 0.2) is 6.29 Å². The Bertz CT molecular complexity index is 524. The molecule has 0 spiro atoms. The van der Waals surface area contributed by atoms with Crippen molar-refractivity contribution in [2.45, 2.75) is 30.7 Å². The number of aliphatic hydroxyl groups excluding tert-OH is 5. The molecule has 21 heavy (non-hydrogen) atoms. The van der Waals surface area contributed by atoms with Gasteiger partial charge in [-0.2, -0.15) is 0 Å². The van der Waals surface area contributed by atoms with Crippen LogP contribution in [0.5, 0.6) is 0 Å².